The second-order valence-electron chi connectivity index (χ2n) is 10.2. The lowest BCUT2D eigenvalue weighted by Crippen LogP contribution is -2.09. The maximum atomic E-state index is 6.62. The van der Waals surface area contributed by atoms with Crippen LogP contribution in [0.2, 0.25) is 0 Å². The van der Waals surface area contributed by atoms with E-state index in [0.29, 0.717) is 5.82 Å². The van der Waals surface area contributed by atoms with E-state index in [-0.39, 0.29) is 6.23 Å². The van der Waals surface area contributed by atoms with Gasteiger partial charge in [-0.05, 0) is 25.0 Å². The zero-order valence-corrected chi connectivity index (χ0v) is 21.8. The molecular weight excluding hydrogens is 492 g/mol. The van der Waals surface area contributed by atoms with E-state index in [1.807, 2.05) is 54.6 Å². The molecule has 5 heteroatoms. The van der Waals surface area contributed by atoms with Crippen molar-refractivity contribution in [3.05, 3.63) is 132 Å². The van der Waals surface area contributed by atoms with Gasteiger partial charge in [0.15, 0.2) is 17.8 Å². The lowest BCUT2D eigenvalue weighted by atomic mass is 10.0. The number of ether oxygens (including phenoxy) is 1. The highest BCUT2D eigenvalue weighted by atomic mass is 16.5. The van der Waals surface area contributed by atoms with Crippen LogP contribution in [0.3, 0.4) is 0 Å². The number of nitrogens with one attached hydrogen (secondary N) is 1. The average molecular weight is 519 g/mol. The molecule has 192 valence electrons. The Morgan fingerprint density at radius 1 is 0.775 bits per heavy atom. The van der Waals surface area contributed by atoms with E-state index in [2.05, 4.69) is 76.6 Å². The van der Waals surface area contributed by atoms with Crippen molar-refractivity contribution in [2.75, 3.05) is 5.32 Å². The number of nitrogens with zero attached hydrogens (tertiary/aromatic N) is 3. The van der Waals surface area contributed by atoms with Gasteiger partial charge in [-0.15, -0.1) is 0 Å². The fourth-order valence-electron chi connectivity index (χ4n) is 5.86. The molecule has 0 radical (unpaired) electrons. The van der Waals surface area contributed by atoms with Crippen molar-refractivity contribution in [1.29, 1.82) is 0 Å². The van der Waals surface area contributed by atoms with Crippen molar-refractivity contribution in [3.8, 4) is 34.2 Å². The molecule has 6 aromatic rings. The number of allylic oxidation sites excluding steroid dienone is 1. The van der Waals surface area contributed by atoms with Crippen LogP contribution in [0.5, 0.6) is 5.75 Å². The lowest BCUT2D eigenvalue weighted by molar-refractivity contribution is 0.262. The third kappa shape index (κ3) is 3.70. The van der Waals surface area contributed by atoms with E-state index in [1.165, 1.54) is 11.3 Å². The zero-order valence-electron chi connectivity index (χ0n) is 21.8. The van der Waals surface area contributed by atoms with Crippen LogP contribution in [0.4, 0.5) is 5.69 Å². The Hall–Kier alpha value is -5.16. The Balaban J connectivity index is 1.35. The highest BCUT2D eigenvalue weighted by Crippen LogP contribution is 2.48. The maximum Gasteiger partial charge on any atom is 0.196 e. The maximum absolute atomic E-state index is 6.62. The van der Waals surface area contributed by atoms with E-state index < -0.39 is 0 Å². The smallest absolute Gasteiger partial charge is 0.196 e. The normalized spacial score (nSPS) is 15.3. The predicted molar refractivity (Wildman–Crippen MR) is 161 cm³/mol. The summed E-state index contributed by atoms with van der Waals surface area (Å²) in [5, 5.41) is 4.70. The quantitative estimate of drug-likeness (QED) is 0.255. The third-order valence-corrected chi connectivity index (χ3v) is 7.73. The van der Waals surface area contributed by atoms with Gasteiger partial charge in [0, 0.05) is 34.0 Å². The Kier molecular flexibility index (Phi) is 5.27. The number of benzene rings is 4. The van der Waals surface area contributed by atoms with Gasteiger partial charge >= 0.3 is 0 Å². The average Bonchev–Trinajstić information content (AvgIpc) is 3.62. The van der Waals surface area contributed by atoms with E-state index in [4.69, 9.17) is 14.7 Å². The molecule has 1 N–H and O–H groups in total. The molecule has 8 rings (SSSR count). The van der Waals surface area contributed by atoms with Crippen LogP contribution in [0.15, 0.2) is 115 Å². The van der Waals surface area contributed by atoms with Gasteiger partial charge in [-0.1, -0.05) is 103 Å². The van der Waals surface area contributed by atoms with Crippen LogP contribution in [-0.2, 0) is 6.42 Å². The van der Waals surface area contributed by atoms with Crippen molar-refractivity contribution in [2.45, 2.75) is 19.1 Å². The van der Waals surface area contributed by atoms with Crippen molar-refractivity contribution in [1.82, 2.24) is 14.5 Å². The topological polar surface area (TPSA) is 52.0 Å². The molecule has 0 bridgehead atoms. The summed E-state index contributed by atoms with van der Waals surface area (Å²) in [5.41, 5.74) is 8.60. The van der Waals surface area contributed by atoms with Crippen LogP contribution < -0.4 is 10.1 Å². The molecule has 1 aliphatic carbocycles. The molecule has 0 fully saturated rings. The minimum Gasteiger partial charge on any atom is -0.464 e. The number of fused-ring (bicyclic) bond motifs is 5. The van der Waals surface area contributed by atoms with Gasteiger partial charge < -0.3 is 10.1 Å². The number of aromatic nitrogens is 3. The monoisotopic (exact) mass is 518 g/mol. The molecule has 4 aromatic carbocycles. The van der Waals surface area contributed by atoms with Gasteiger partial charge in [0.2, 0.25) is 0 Å². The van der Waals surface area contributed by atoms with Crippen LogP contribution >= 0.6 is 0 Å². The molecule has 0 amide bonds. The second-order valence-corrected chi connectivity index (χ2v) is 10.2. The van der Waals surface area contributed by atoms with E-state index >= 15 is 0 Å². The number of hydrogen-bond acceptors (Lipinski definition) is 4. The van der Waals surface area contributed by atoms with Crippen molar-refractivity contribution >= 4 is 22.7 Å². The fraction of sp³-hybridized carbons (Fsp3) is 0.0857. The molecular formula is C35H26N4O. The number of rotatable bonds is 4. The van der Waals surface area contributed by atoms with Crippen LogP contribution in [0, 0.1) is 0 Å². The molecule has 2 aromatic heterocycles. The predicted octanol–water partition coefficient (Wildman–Crippen LogP) is 8.22. The Labute approximate surface area is 232 Å². The Morgan fingerprint density at radius 2 is 1.50 bits per heavy atom. The van der Waals surface area contributed by atoms with E-state index in [9.17, 15) is 0 Å². The molecule has 1 unspecified atom stereocenters. The second kappa shape index (κ2) is 9.24. The van der Waals surface area contributed by atoms with Crippen LogP contribution in [0.1, 0.15) is 29.5 Å². The number of hydrogen-bond donors (Lipinski definition) is 1. The molecule has 0 saturated heterocycles. The summed E-state index contributed by atoms with van der Waals surface area (Å²) in [5.74, 6) is 2.47. The zero-order chi connectivity index (χ0) is 26.5. The van der Waals surface area contributed by atoms with Gasteiger partial charge in [-0.2, -0.15) is 0 Å². The summed E-state index contributed by atoms with van der Waals surface area (Å²) in [6.07, 6.45) is 6.19. The highest BCUT2D eigenvalue weighted by Gasteiger charge is 2.30. The first-order valence-corrected chi connectivity index (χ1v) is 13.7. The lowest BCUT2D eigenvalue weighted by Gasteiger charge is -2.15. The summed E-state index contributed by atoms with van der Waals surface area (Å²) in [7, 11) is 0. The number of anilines is 1. The SMILES string of the molecule is C1=Cc2c(n(-c3cc(-c4ccccc4)nc(-c4ccccc4)n3)c3ccc4c(c23)OC(c2ccccc2)N4)CC1. The Morgan fingerprint density at radius 3 is 2.27 bits per heavy atom. The van der Waals surface area contributed by atoms with Crippen LogP contribution in [0.25, 0.3) is 45.4 Å². The molecule has 2 aliphatic rings. The summed E-state index contributed by atoms with van der Waals surface area (Å²) in [6, 6.07) is 37.3. The van der Waals surface area contributed by atoms with Crippen molar-refractivity contribution < 1.29 is 4.74 Å². The molecule has 1 atom stereocenters. The molecule has 1 aliphatic heterocycles. The summed E-state index contributed by atoms with van der Waals surface area (Å²) < 4.78 is 8.93. The summed E-state index contributed by atoms with van der Waals surface area (Å²) >= 11 is 0. The van der Waals surface area contributed by atoms with Crippen LogP contribution in [-0.4, -0.2) is 14.5 Å². The first-order chi connectivity index (χ1) is 19.8. The van der Waals surface area contributed by atoms with Crippen molar-refractivity contribution in [2.24, 2.45) is 0 Å². The van der Waals surface area contributed by atoms with Gasteiger partial charge in [-0.3, -0.25) is 4.57 Å². The van der Waals surface area contributed by atoms with Gasteiger partial charge in [0.25, 0.3) is 0 Å². The summed E-state index contributed by atoms with van der Waals surface area (Å²) in [4.78, 5) is 10.2. The first kappa shape index (κ1) is 22.8. The minimum atomic E-state index is -0.221. The molecule has 40 heavy (non-hydrogen) atoms. The molecule has 3 heterocycles. The highest BCUT2D eigenvalue weighted by molar-refractivity contribution is 6.01. The molecule has 5 nitrogen and oxygen atoms in total. The molecule has 0 saturated carbocycles. The van der Waals surface area contributed by atoms with Crippen molar-refractivity contribution in [3.63, 3.8) is 0 Å². The van der Waals surface area contributed by atoms with E-state index in [0.717, 1.165) is 63.4 Å². The fourth-order valence-corrected chi connectivity index (χ4v) is 5.86. The standard InChI is InChI=1S/C35H26N4O/c1-4-12-23(13-5-1)28-22-31(38-34(36-28)24-14-6-2-7-15-24)39-29-19-11-10-18-26(29)32-30(39)21-20-27-33(32)40-35(37-27)25-16-8-3-9-17-25/h1-10,12-18,20-22,35,37H,11,19H2. The largest absolute Gasteiger partial charge is 0.464 e. The van der Waals surface area contributed by atoms with Gasteiger partial charge in [0.05, 0.1) is 22.3 Å². The Bertz CT molecular complexity index is 1840. The summed E-state index contributed by atoms with van der Waals surface area (Å²) in [6.45, 7) is 0. The minimum absolute atomic E-state index is 0.221. The van der Waals surface area contributed by atoms with E-state index in [1.54, 1.807) is 0 Å². The third-order valence-electron chi connectivity index (χ3n) is 7.73. The molecule has 0 spiro atoms. The van der Waals surface area contributed by atoms with Gasteiger partial charge in [-0.25, -0.2) is 9.97 Å². The first-order valence-electron chi connectivity index (χ1n) is 13.7. The van der Waals surface area contributed by atoms with Gasteiger partial charge in [0.1, 0.15) is 5.82 Å².